The molecule has 1 spiro atoms. The fourth-order valence-corrected chi connectivity index (χ4v) is 3.95. The van der Waals surface area contributed by atoms with Crippen LogP contribution in [0.4, 0.5) is 4.79 Å². The highest BCUT2D eigenvalue weighted by Gasteiger charge is 2.50. The molecule has 2 saturated carbocycles. The van der Waals surface area contributed by atoms with E-state index in [-0.39, 0.29) is 23.4 Å². The second-order valence-corrected chi connectivity index (χ2v) is 6.73. The summed E-state index contributed by atoms with van der Waals surface area (Å²) in [6.45, 7) is 2.81. The lowest BCUT2D eigenvalue weighted by atomic mass is 9.69. The first kappa shape index (κ1) is 12.9. The van der Waals surface area contributed by atoms with Crippen molar-refractivity contribution in [3.05, 3.63) is 0 Å². The summed E-state index contributed by atoms with van der Waals surface area (Å²) in [5.74, 6) is 0.839. The van der Waals surface area contributed by atoms with Gasteiger partial charge < -0.3 is 5.32 Å². The normalized spacial score (nSPS) is 36.9. The number of hydrogen-bond donors (Lipinski definition) is 1. The Bertz CT molecular complexity index is 380. The maximum absolute atomic E-state index is 12.9. The van der Waals surface area contributed by atoms with Crippen LogP contribution in [0.5, 0.6) is 0 Å². The molecule has 0 atom stereocenters. The van der Waals surface area contributed by atoms with Gasteiger partial charge in [0, 0.05) is 12.6 Å². The number of hydrogen-bond acceptors (Lipinski definition) is 2. The first-order valence-electron chi connectivity index (χ1n) is 7.74. The zero-order valence-electron chi connectivity index (χ0n) is 11.8. The van der Waals surface area contributed by atoms with E-state index in [1.165, 1.54) is 0 Å². The van der Waals surface area contributed by atoms with Gasteiger partial charge in [-0.25, -0.2) is 4.79 Å². The first-order valence-corrected chi connectivity index (χ1v) is 7.74. The number of carbonyl (C=O) groups excluding carboxylic acids is 2. The molecule has 2 aliphatic carbocycles. The maximum Gasteiger partial charge on any atom is 0.324 e. The highest BCUT2D eigenvalue weighted by atomic mass is 16.2. The Labute approximate surface area is 114 Å². The van der Waals surface area contributed by atoms with Gasteiger partial charge in [0.1, 0.15) is 0 Å². The van der Waals surface area contributed by atoms with Crippen LogP contribution in [0.1, 0.15) is 58.3 Å². The molecule has 0 radical (unpaired) electrons. The number of urea groups is 1. The van der Waals surface area contributed by atoms with Gasteiger partial charge in [0.15, 0.2) is 0 Å². The van der Waals surface area contributed by atoms with Crippen molar-refractivity contribution in [3.63, 3.8) is 0 Å². The third-order valence-electron chi connectivity index (χ3n) is 5.39. The standard InChI is InChI=1S/C15H24N2O2/c1-11-6-8-15(9-7-11)10-16-14(19)17(13(15)18)12-4-2-3-5-12/h11-12H,2-10H2,1H3,(H,16,19). The van der Waals surface area contributed by atoms with Gasteiger partial charge in [-0.15, -0.1) is 0 Å². The lowest BCUT2D eigenvalue weighted by molar-refractivity contribution is -0.145. The zero-order valence-corrected chi connectivity index (χ0v) is 11.8. The number of nitrogens with one attached hydrogen (secondary N) is 1. The summed E-state index contributed by atoms with van der Waals surface area (Å²) in [5, 5.41) is 2.98. The van der Waals surface area contributed by atoms with Crippen molar-refractivity contribution >= 4 is 11.9 Å². The molecule has 0 bridgehead atoms. The third-order valence-corrected chi connectivity index (χ3v) is 5.39. The molecular weight excluding hydrogens is 240 g/mol. The molecular formula is C15H24N2O2. The summed E-state index contributed by atoms with van der Waals surface area (Å²) >= 11 is 0. The van der Waals surface area contributed by atoms with Gasteiger partial charge in [0.05, 0.1) is 5.41 Å². The van der Waals surface area contributed by atoms with Crippen molar-refractivity contribution in [2.24, 2.45) is 11.3 Å². The van der Waals surface area contributed by atoms with Crippen LogP contribution >= 0.6 is 0 Å². The molecule has 1 aliphatic heterocycles. The second-order valence-electron chi connectivity index (χ2n) is 6.73. The minimum atomic E-state index is -0.289. The highest BCUT2D eigenvalue weighted by molar-refractivity contribution is 6.00. The number of carbonyl (C=O) groups is 2. The SMILES string of the molecule is CC1CCC2(CC1)CNC(=O)N(C1CCCC1)C2=O. The van der Waals surface area contributed by atoms with Crippen LogP contribution in [-0.4, -0.2) is 29.4 Å². The van der Waals surface area contributed by atoms with Crippen molar-refractivity contribution in [1.82, 2.24) is 10.2 Å². The molecule has 4 nitrogen and oxygen atoms in total. The molecule has 3 rings (SSSR count). The number of imide groups is 1. The minimum absolute atomic E-state index is 0.120. The summed E-state index contributed by atoms with van der Waals surface area (Å²) < 4.78 is 0. The molecule has 1 saturated heterocycles. The van der Waals surface area contributed by atoms with Crippen LogP contribution in [0, 0.1) is 11.3 Å². The van der Waals surface area contributed by atoms with Crippen LogP contribution in [0.2, 0.25) is 0 Å². The summed E-state index contributed by atoms with van der Waals surface area (Å²) in [6, 6.07) is 0.00479. The molecule has 1 heterocycles. The van der Waals surface area contributed by atoms with E-state index in [9.17, 15) is 9.59 Å². The Morgan fingerprint density at radius 2 is 1.74 bits per heavy atom. The molecule has 0 unspecified atom stereocenters. The summed E-state index contributed by atoms with van der Waals surface area (Å²) in [4.78, 5) is 26.5. The Hall–Kier alpha value is -1.06. The third kappa shape index (κ3) is 2.15. The van der Waals surface area contributed by atoms with Gasteiger partial charge in [-0.1, -0.05) is 19.8 Å². The van der Waals surface area contributed by atoms with Crippen molar-refractivity contribution in [1.29, 1.82) is 0 Å². The molecule has 3 fully saturated rings. The summed E-state index contributed by atoms with van der Waals surface area (Å²) in [5.41, 5.74) is -0.289. The maximum atomic E-state index is 12.9. The van der Waals surface area contributed by atoms with E-state index >= 15 is 0 Å². The molecule has 106 valence electrons. The fraction of sp³-hybridized carbons (Fsp3) is 0.867. The average molecular weight is 264 g/mol. The van der Waals surface area contributed by atoms with Crippen LogP contribution in [0.25, 0.3) is 0 Å². The predicted octanol–water partition coefficient (Wildman–Crippen LogP) is 2.68. The zero-order chi connectivity index (χ0) is 13.5. The lowest BCUT2D eigenvalue weighted by Crippen LogP contribution is -2.63. The molecule has 1 N–H and O–H groups in total. The van der Waals surface area contributed by atoms with E-state index in [0.717, 1.165) is 57.3 Å². The topological polar surface area (TPSA) is 49.4 Å². The average Bonchev–Trinajstić information content (AvgIpc) is 2.91. The lowest BCUT2D eigenvalue weighted by Gasteiger charge is -2.46. The smallest absolute Gasteiger partial charge is 0.324 e. The van der Waals surface area contributed by atoms with Crippen LogP contribution in [0.15, 0.2) is 0 Å². The molecule has 4 heteroatoms. The van der Waals surface area contributed by atoms with E-state index in [0.29, 0.717) is 6.54 Å². The van der Waals surface area contributed by atoms with E-state index in [4.69, 9.17) is 0 Å². The van der Waals surface area contributed by atoms with E-state index < -0.39 is 0 Å². The van der Waals surface area contributed by atoms with Crippen LogP contribution < -0.4 is 5.32 Å². The van der Waals surface area contributed by atoms with Crippen molar-refractivity contribution in [2.75, 3.05) is 6.54 Å². The molecule has 0 aromatic rings. The predicted molar refractivity (Wildman–Crippen MR) is 72.6 cm³/mol. The first-order chi connectivity index (χ1) is 9.12. The number of amides is 3. The van der Waals surface area contributed by atoms with Crippen LogP contribution in [-0.2, 0) is 4.79 Å². The fourth-order valence-electron chi connectivity index (χ4n) is 3.95. The summed E-state index contributed by atoms with van der Waals surface area (Å²) in [7, 11) is 0. The second kappa shape index (κ2) is 4.80. The van der Waals surface area contributed by atoms with Crippen molar-refractivity contribution in [2.45, 2.75) is 64.3 Å². The Kier molecular flexibility index (Phi) is 3.27. The minimum Gasteiger partial charge on any atom is -0.337 e. The van der Waals surface area contributed by atoms with E-state index in [2.05, 4.69) is 12.2 Å². The van der Waals surface area contributed by atoms with Gasteiger partial charge >= 0.3 is 6.03 Å². The number of rotatable bonds is 1. The largest absolute Gasteiger partial charge is 0.337 e. The van der Waals surface area contributed by atoms with Gasteiger partial charge in [-0.2, -0.15) is 0 Å². The van der Waals surface area contributed by atoms with Crippen LogP contribution in [0.3, 0.4) is 0 Å². The Balaban J connectivity index is 1.80. The van der Waals surface area contributed by atoms with Crippen molar-refractivity contribution in [3.8, 4) is 0 Å². The molecule has 3 amide bonds. The molecule has 0 aromatic carbocycles. The van der Waals surface area contributed by atoms with Gasteiger partial charge in [0.25, 0.3) is 0 Å². The monoisotopic (exact) mass is 264 g/mol. The molecule has 19 heavy (non-hydrogen) atoms. The summed E-state index contributed by atoms with van der Waals surface area (Å²) in [6.07, 6.45) is 8.38. The van der Waals surface area contributed by atoms with E-state index in [1.54, 1.807) is 4.90 Å². The van der Waals surface area contributed by atoms with Gasteiger partial charge in [0.2, 0.25) is 5.91 Å². The highest BCUT2D eigenvalue weighted by Crippen LogP contribution is 2.42. The Morgan fingerprint density at radius 3 is 2.37 bits per heavy atom. The Morgan fingerprint density at radius 1 is 1.11 bits per heavy atom. The molecule has 3 aliphatic rings. The van der Waals surface area contributed by atoms with Crippen molar-refractivity contribution < 1.29 is 9.59 Å². The quantitative estimate of drug-likeness (QED) is 0.791. The van der Waals surface area contributed by atoms with Gasteiger partial charge in [-0.3, -0.25) is 9.69 Å². The van der Waals surface area contributed by atoms with E-state index in [1.807, 2.05) is 0 Å². The number of nitrogens with zero attached hydrogens (tertiary/aromatic N) is 1. The molecule has 0 aromatic heterocycles. The van der Waals surface area contributed by atoms with Gasteiger partial charge in [-0.05, 0) is 44.4 Å².